The summed E-state index contributed by atoms with van der Waals surface area (Å²) in [4.78, 5) is 3.70. The van der Waals surface area contributed by atoms with Crippen LogP contribution in [-0.2, 0) is 5.54 Å². The number of quaternary nitrogens is 1. The molecule has 2 aromatic rings. The summed E-state index contributed by atoms with van der Waals surface area (Å²) >= 11 is 0. The van der Waals surface area contributed by atoms with Crippen LogP contribution in [0.15, 0.2) is 24.3 Å². The molecule has 1 aromatic heterocycles. The zero-order chi connectivity index (χ0) is 18.9. The van der Waals surface area contributed by atoms with Gasteiger partial charge in [0.2, 0.25) is 5.82 Å². The van der Waals surface area contributed by atoms with Gasteiger partial charge in [0.15, 0.2) is 6.04 Å². The van der Waals surface area contributed by atoms with Crippen LogP contribution < -0.4 is 9.80 Å². The molecule has 142 valence electrons. The highest BCUT2D eigenvalue weighted by molar-refractivity contribution is 5.46. The highest BCUT2D eigenvalue weighted by Crippen LogP contribution is 2.25. The largest absolute Gasteiger partial charge is 0.378 e. The fourth-order valence-electron chi connectivity index (χ4n) is 3.81. The normalized spacial score (nSPS) is 22.2. The van der Waals surface area contributed by atoms with Crippen molar-refractivity contribution in [3.05, 3.63) is 35.7 Å². The molecule has 1 aliphatic heterocycles. The summed E-state index contributed by atoms with van der Waals surface area (Å²) in [6, 6.07) is 9.05. The van der Waals surface area contributed by atoms with Gasteiger partial charge in [-0.25, -0.2) is 4.68 Å². The second-order valence-corrected chi connectivity index (χ2v) is 8.88. The van der Waals surface area contributed by atoms with E-state index in [1.54, 1.807) is 4.90 Å². The van der Waals surface area contributed by atoms with Gasteiger partial charge in [-0.15, -0.1) is 5.10 Å². The third kappa shape index (κ3) is 3.90. The van der Waals surface area contributed by atoms with E-state index in [0.717, 1.165) is 24.8 Å². The molecule has 1 atom stereocenters. The molecule has 6 heteroatoms. The van der Waals surface area contributed by atoms with E-state index in [-0.39, 0.29) is 11.6 Å². The molecule has 2 heterocycles. The van der Waals surface area contributed by atoms with E-state index in [2.05, 4.69) is 86.5 Å². The molecule has 0 saturated carbocycles. The molecule has 0 unspecified atom stereocenters. The van der Waals surface area contributed by atoms with Crippen LogP contribution in [0.1, 0.15) is 58.0 Å². The molecule has 1 saturated heterocycles. The first-order chi connectivity index (χ1) is 12.3. The number of benzene rings is 1. The van der Waals surface area contributed by atoms with Crippen molar-refractivity contribution in [3.63, 3.8) is 0 Å². The van der Waals surface area contributed by atoms with E-state index in [1.807, 2.05) is 4.68 Å². The summed E-state index contributed by atoms with van der Waals surface area (Å²) in [6.07, 6.45) is 2.53. The van der Waals surface area contributed by atoms with Crippen LogP contribution in [0.3, 0.4) is 0 Å². The summed E-state index contributed by atoms with van der Waals surface area (Å²) in [5, 5.41) is 12.8. The number of aromatic nitrogens is 4. The van der Waals surface area contributed by atoms with Gasteiger partial charge in [0.1, 0.15) is 0 Å². The minimum absolute atomic E-state index is 0.136. The van der Waals surface area contributed by atoms with Crippen LogP contribution in [0, 0.1) is 5.92 Å². The monoisotopic (exact) mass is 357 g/mol. The maximum absolute atomic E-state index is 4.48. The van der Waals surface area contributed by atoms with Crippen molar-refractivity contribution in [2.45, 2.75) is 52.1 Å². The van der Waals surface area contributed by atoms with Crippen LogP contribution >= 0.6 is 0 Å². The van der Waals surface area contributed by atoms with E-state index >= 15 is 0 Å². The van der Waals surface area contributed by atoms with Crippen molar-refractivity contribution in [2.75, 3.05) is 32.1 Å². The van der Waals surface area contributed by atoms with Gasteiger partial charge in [-0.2, -0.15) is 0 Å². The molecular weight excluding hydrogens is 324 g/mol. The number of anilines is 1. The number of piperidine rings is 1. The third-order valence-corrected chi connectivity index (χ3v) is 5.45. The smallest absolute Gasteiger partial charge is 0.214 e. The quantitative estimate of drug-likeness (QED) is 0.908. The lowest BCUT2D eigenvalue weighted by atomic mass is 9.95. The van der Waals surface area contributed by atoms with Crippen molar-refractivity contribution >= 4 is 5.69 Å². The molecule has 1 N–H and O–H groups in total. The molecule has 6 nitrogen and oxygen atoms in total. The van der Waals surface area contributed by atoms with Gasteiger partial charge in [0.05, 0.1) is 18.6 Å². The number of rotatable bonds is 4. The molecule has 0 spiro atoms. The van der Waals surface area contributed by atoms with Crippen molar-refractivity contribution in [3.8, 4) is 0 Å². The second kappa shape index (κ2) is 7.35. The highest BCUT2D eigenvalue weighted by atomic mass is 15.6. The SMILES string of the molecule is CC1CC[NH+]([C@H](c2ccc(N(C)C)cc2)c2nnnn2C(C)(C)C)CC1. The number of hydrogen-bond donors (Lipinski definition) is 1. The topological polar surface area (TPSA) is 51.3 Å². The molecule has 1 fully saturated rings. The fourth-order valence-corrected chi connectivity index (χ4v) is 3.81. The molecule has 0 radical (unpaired) electrons. The van der Waals surface area contributed by atoms with Gasteiger partial charge in [0.25, 0.3) is 0 Å². The average molecular weight is 358 g/mol. The Kier molecular flexibility index (Phi) is 5.32. The van der Waals surface area contributed by atoms with Gasteiger partial charge < -0.3 is 9.80 Å². The molecular formula is C20H33N6+. The Morgan fingerprint density at radius 1 is 1.12 bits per heavy atom. The van der Waals surface area contributed by atoms with Crippen LogP contribution in [0.2, 0.25) is 0 Å². The van der Waals surface area contributed by atoms with Crippen molar-refractivity contribution in [2.24, 2.45) is 5.92 Å². The lowest BCUT2D eigenvalue weighted by Crippen LogP contribution is -3.13. The standard InChI is InChI=1S/C20H32N6/c1-15-11-13-25(14-12-15)18(16-7-9-17(10-8-16)24(5)6)19-21-22-23-26(19)20(2,3)4/h7-10,15,18H,11-14H2,1-6H3/p+1/t18-/m1/s1. The highest BCUT2D eigenvalue weighted by Gasteiger charge is 2.36. The summed E-state index contributed by atoms with van der Waals surface area (Å²) in [6.45, 7) is 11.2. The molecule has 0 aliphatic carbocycles. The lowest BCUT2D eigenvalue weighted by molar-refractivity contribution is -0.932. The first-order valence-corrected chi connectivity index (χ1v) is 9.68. The fraction of sp³-hybridized carbons (Fsp3) is 0.650. The summed E-state index contributed by atoms with van der Waals surface area (Å²) in [5.41, 5.74) is 2.37. The van der Waals surface area contributed by atoms with E-state index in [0.29, 0.717) is 0 Å². The number of nitrogens with zero attached hydrogens (tertiary/aromatic N) is 5. The Morgan fingerprint density at radius 3 is 2.27 bits per heavy atom. The zero-order valence-corrected chi connectivity index (χ0v) is 17.0. The molecule has 0 bridgehead atoms. The maximum atomic E-state index is 4.48. The van der Waals surface area contributed by atoms with Gasteiger partial charge in [-0.05, 0) is 62.1 Å². The predicted molar refractivity (Wildman–Crippen MR) is 105 cm³/mol. The van der Waals surface area contributed by atoms with Crippen LogP contribution in [0.5, 0.6) is 0 Å². The second-order valence-electron chi connectivity index (χ2n) is 8.88. The first kappa shape index (κ1) is 18.8. The molecule has 1 aromatic carbocycles. The Bertz CT molecular complexity index is 705. The minimum atomic E-state index is -0.136. The Hall–Kier alpha value is -1.95. The van der Waals surface area contributed by atoms with E-state index in [4.69, 9.17) is 0 Å². The molecule has 26 heavy (non-hydrogen) atoms. The Balaban J connectivity index is 2.01. The summed E-state index contributed by atoms with van der Waals surface area (Å²) < 4.78 is 2.00. The van der Waals surface area contributed by atoms with E-state index in [9.17, 15) is 0 Å². The van der Waals surface area contributed by atoms with Crippen LogP contribution in [-0.4, -0.2) is 47.4 Å². The average Bonchev–Trinajstić information content (AvgIpc) is 3.07. The Labute approximate surface area is 157 Å². The van der Waals surface area contributed by atoms with Crippen molar-refractivity contribution in [1.29, 1.82) is 0 Å². The number of likely N-dealkylation sites (tertiary alicyclic amines) is 1. The summed E-state index contributed by atoms with van der Waals surface area (Å²) in [7, 11) is 4.15. The van der Waals surface area contributed by atoms with Crippen LogP contribution in [0.25, 0.3) is 0 Å². The number of tetrazole rings is 1. The lowest BCUT2D eigenvalue weighted by Gasteiger charge is -2.34. The van der Waals surface area contributed by atoms with Crippen molar-refractivity contribution < 1.29 is 4.90 Å². The number of hydrogen-bond acceptors (Lipinski definition) is 4. The predicted octanol–water partition coefficient (Wildman–Crippen LogP) is 1.90. The van der Waals surface area contributed by atoms with Crippen molar-refractivity contribution in [1.82, 2.24) is 20.2 Å². The molecule has 0 amide bonds. The van der Waals surface area contributed by atoms with E-state index in [1.165, 1.54) is 24.1 Å². The number of nitrogens with one attached hydrogen (secondary N) is 1. The minimum Gasteiger partial charge on any atom is -0.378 e. The zero-order valence-electron chi connectivity index (χ0n) is 17.0. The van der Waals surface area contributed by atoms with Gasteiger partial charge in [-0.1, -0.05) is 19.1 Å². The molecule has 1 aliphatic rings. The van der Waals surface area contributed by atoms with Crippen LogP contribution in [0.4, 0.5) is 5.69 Å². The van der Waals surface area contributed by atoms with Gasteiger partial charge in [0, 0.05) is 25.3 Å². The van der Waals surface area contributed by atoms with Gasteiger partial charge >= 0.3 is 0 Å². The summed E-state index contributed by atoms with van der Waals surface area (Å²) in [5.74, 6) is 1.79. The van der Waals surface area contributed by atoms with E-state index < -0.39 is 0 Å². The first-order valence-electron chi connectivity index (χ1n) is 9.68. The Morgan fingerprint density at radius 2 is 1.73 bits per heavy atom. The third-order valence-electron chi connectivity index (χ3n) is 5.45. The van der Waals surface area contributed by atoms with Gasteiger partial charge in [-0.3, -0.25) is 0 Å². The maximum Gasteiger partial charge on any atom is 0.214 e. The molecule has 3 rings (SSSR count).